The average molecular weight is 195 g/mol. The minimum Gasteiger partial charge on any atom is -0.432 e. The van der Waals surface area contributed by atoms with Crippen molar-refractivity contribution in [2.75, 3.05) is 25.5 Å². The van der Waals surface area contributed by atoms with E-state index >= 15 is 0 Å². The first kappa shape index (κ1) is 9.52. The van der Waals surface area contributed by atoms with Crippen LogP contribution in [0.1, 0.15) is 18.5 Å². The highest BCUT2D eigenvalue weighted by Crippen LogP contribution is 2.30. The van der Waals surface area contributed by atoms with Gasteiger partial charge in [0.15, 0.2) is 0 Å². The molecule has 0 aromatic carbocycles. The van der Waals surface area contributed by atoms with E-state index in [4.69, 9.17) is 4.42 Å². The second-order valence-corrected chi connectivity index (χ2v) is 3.98. The van der Waals surface area contributed by atoms with E-state index in [0.717, 1.165) is 30.7 Å². The third-order valence-corrected chi connectivity index (χ3v) is 2.45. The highest BCUT2D eigenvalue weighted by Gasteiger charge is 2.24. The minimum absolute atomic E-state index is 0.738. The lowest BCUT2D eigenvalue weighted by Gasteiger charge is -2.12. The molecule has 1 aliphatic rings. The van der Waals surface area contributed by atoms with Gasteiger partial charge in [0.2, 0.25) is 0 Å². The van der Waals surface area contributed by atoms with Gasteiger partial charge < -0.3 is 14.6 Å². The number of oxazole rings is 1. The zero-order valence-corrected chi connectivity index (χ0v) is 8.79. The van der Waals surface area contributed by atoms with Gasteiger partial charge in [-0.1, -0.05) is 0 Å². The highest BCUT2D eigenvalue weighted by molar-refractivity contribution is 5.25. The summed E-state index contributed by atoms with van der Waals surface area (Å²) in [5.41, 5.74) is 0.963. The zero-order chi connectivity index (χ0) is 9.97. The molecule has 1 N–H and O–H groups in total. The molecule has 2 rings (SSSR count). The van der Waals surface area contributed by atoms with Crippen LogP contribution in [0.3, 0.4) is 0 Å². The van der Waals surface area contributed by atoms with E-state index in [1.165, 1.54) is 12.8 Å². The Morgan fingerprint density at radius 3 is 3.07 bits per heavy atom. The molecular formula is C10H17N3O. The molecule has 1 fully saturated rings. The van der Waals surface area contributed by atoms with Crippen LogP contribution in [0.2, 0.25) is 0 Å². The number of nitrogens with one attached hydrogen (secondary N) is 1. The van der Waals surface area contributed by atoms with Crippen molar-refractivity contribution in [1.29, 1.82) is 0 Å². The second kappa shape index (κ2) is 4.00. The maximum Gasteiger partial charge on any atom is 0.297 e. The van der Waals surface area contributed by atoms with Crippen molar-refractivity contribution in [3.05, 3.63) is 12.0 Å². The molecule has 4 nitrogen and oxygen atoms in total. The SMILES string of the molecule is CNCc1coc(N(C)CC2CC2)n1. The Bertz CT molecular complexity index is 293. The summed E-state index contributed by atoms with van der Waals surface area (Å²) in [6.45, 7) is 1.83. The zero-order valence-electron chi connectivity index (χ0n) is 8.79. The van der Waals surface area contributed by atoms with Gasteiger partial charge in [-0.05, 0) is 25.8 Å². The largest absolute Gasteiger partial charge is 0.432 e. The quantitative estimate of drug-likeness (QED) is 0.767. The molecule has 0 aliphatic heterocycles. The first-order chi connectivity index (χ1) is 6.79. The summed E-state index contributed by atoms with van der Waals surface area (Å²) in [4.78, 5) is 6.47. The number of rotatable bonds is 5. The third kappa shape index (κ3) is 2.26. The van der Waals surface area contributed by atoms with Gasteiger partial charge in [0.05, 0.1) is 5.69 Å². The maximum absolute atomic E-state index is 5.38. The van der Waals surface area contributed by atoms with Crippen molar-refractivity contribution in [1.82, 2.24) is 10.3 Å². The Morgan fingerprint density at radius 2 is 2.43 bits per heavy atom. The topological polar surface area (TPSA) is 41.3 Å². The Hall–Kier alpha value is -1.03. The molecule has 0 unspecified atom stereocenters. The molecule has 0 atom stereocenters. The number of nitrogens with zero attached hydrogens (tertiary/aromatic N) is 2. The number of anilines is 1. The van der Waals surface area contributed by atoms with E-state index in [1.54, 1.807) is 6.26 Å². The predicted octanol–water partition coefficient (Wildman–Crippen LogP) is 1.24. The van der Waals surface area contributed by atoms with Crippen LogP contribution in [0, 0.1) is 5.92 Å². The Kier molecular flexibility index (Phi) is 2.72. The van der Waals surface area contributed by atoms with Crippen molar-refractivity contribution >= 4 is 6.01 Å². The van der Waals surface area contributed by atoms with Gasteiger partial charge in [0.1, 0.15) is 6.26 Å². The van der Waals surface area contributed by atoms with Crippen molar-refractivity contribution in [3.8, 4) is 0 Å². The standard InChI is InChI=1S/C10H17N3O/c1-11-5-9-7-14-10(12-9)13(2)6-8-3-4-8/h7-8,11H,3-6H2,1-2H3. The van der Waals surface area contributed by atoms with E-state index in [9.17, 15) is 0 Å². The lowest BCUT2D eigenvalue weighted by molar-refractivity contribution is 0.539. The summed E-state index contributed by atoms with van der Waals surface area (Å²) in [6, 6.07) is 0.738. The monoisotopic (exact) mass is 195 g/mol. The number of hydrogen-bond donors (Lipinski definition) is 1. The van der Waals surface area contributed by atoms with E-state index in [0.29, 0.717) is 0 Å². The van der Waals surface area contributed by atoms with Crippen LogP contribution in [0.4, 0.5) is 6.01 Å². The fraction of sp³-hybridized carbons (Fsp3) is 0.700. The minimum atomic E-state index is 0.738. The van der Waals surface area contributed by atoms with Crippen LogP contribution in [0.5, 0.6) is 0 Å². The molecule has 1 aromatic heterocycles. The maximum atomic E-state index is 5.38. The van der Waals surface area contributed by atoms with Crippen LogP contribution >= 0.6 is 0 Å². The molecule has 0 bridgehead atoms. The van der Waals surface area contributed by atoms with E-state index in [1.807, 2.05) is 14.1 Å². The fourth-order valence-electron chi connectivity index (χ4n) is 1.50. The second-order valence-electron chi connectivity index (χ2n) is 3.98. The molecular weight excluding hydrogens is 178 g/mol. The highest BCUT2D eigenvalue weighted by atomic mass is 16.4. The molecule has 14 heavy (non-hydrogen) atoms. The van der Waals surface area contributed by atoms with Gasteiger partial charge in [-0.25, -0.2) is 0 Å². The summed E-state index contributed by atoms with van der Waals surface area (Å²) >= 11 is 0. The average Bonchev–Trinajstić information content (AvgIpc) is 2.83. The van der Waals surface area contributed by atoms with Gasteiger partial charge >= 0.3 is 0 Å². The van der Waals surface area contributed by atoms with Gasteiger partial charge in [-0.15, -0.1) is 0 Å². The van der Waals surface area contributed by atoms with Crippen molar-refractivity contribution < 1.29 is 4.42 Å². The Morgan fingerprint density at radius 1 is 1.64 bits per heavy atom. The van der Waals surface area contributed by atoms with E-state index in [2.05, 4.69) is 15.2 Å². The molecule has 0 amide bonds. The lowest BCUT2D eigenvalue weighted by Crippen LogP contribution is -2.20. The number of hydrogen-bond acceptors (Lipinski definition) is 4. The predicted molar refractivity (Wildman–Crippen MR) is 55.3 cm³/mol. The summed E-state index contributed by atoms with van der Waals surface area (Å²) in [7, 11) is 3.94. The molecule has 1 aromatic rings. The molecule has 0 spiro atoms. The summed E-state index contributed by atoms with van der Waals surface area (Å²) in [5.74, 6) is 0.861. The van der Waals surface area contributed by atoms with Gasteiger partial charge in [0, 0.05) is 20.1 Å². The molecule has 1 saturated carbocycles. The van der Waals surface area contributed by atoms with E-state index < -0.39 is 0 Å². The van der Waals surface area contributed by atoms with Crippen molar-refractivity contribution in [3.63, 3.8) is 0 Å². The first-order valence-corrected chi connectivity index (χ1v) is 5.09. The van der Waals surface area contributed by atoms with Gasteiger partial charge in [0.25, 0.3) is 6.01 Å². The van der Waals surface area contributed by atoms with Gasteiger partial charge in [-0.3, -0.25) is 0 Å². The molecule has 1 heterocycles. The normalized spacial score (nSPS) is 15.9. The van der Waals surface area contributed by atoms with Crippen LogP contribution < -0.4 is 10.2 Å². The summed E-state index contributed by atoms with van der Waals surface area (Å²) < 4.78 is 5.38. The van der Waals surface area contributed by atoms with Crippen molar-refractivity contribution in [2.45, 2.75) is 19.4 Å². The molecule has 78 valence electrons. The van der Waals surface area contributed by atoms with Gasteiger partial charge in [-0.2, -0.15) is 4.98 Å². The Labute approximate surface area is 84.3 Å². The van der Waals surface area contributed by atoms with Crippen LogP contribution in [-0.2, 0) is 6.54 Å². The van der Waals surface area contributed by atoms with Crippen LogP contribution in [-0.4, -0.2) is 25.6 Å². The lowest BCUT2D eigenvalue weighted by atomic mass is 10.4. The molecule has 0 saturated heterocycles. The van der Waals surface area contributed by atoms with Crippen molar-refractivity contribution in [2.24, 2.45) is 5.92 Å². The van der Waals surface area contributed by atoms with Crippen LogP contribution in [0.15, 0.2) is 10.7 Å². The molecule has 1 aliphatic carbocycles. The fourth-order valence-corrected chi connectivity index (χ4v) is 1.50. The van der Waals surface area contributed by atoms with Crippen LogP contribution in [0.25, 0.3) is 0 Å². The third-order valence-electron chi connectivity index (χ3n) is 2.45. The van der Waals surface area contributed by atoms with E-state index in [-0.39, 0.29) is 0 Å². The first-order valence-electron chi connectivity index (χ1n) is 5.09. The summed E-state index contributed by atoms with van der Waals surface area (Å²) in [6.07, 6.45) is 4.43. The number of aromatic nitrogens is 1. The molecule has 0 radical (unpaired) electrons. The summed E-state index contributed by atoms with van der Waals surface area (Å²) in [5, 5.41) is 3.05. The molecule has 4 heteroatoms. The Balaban J connectivity index is 1.92. The smallest absolute Gasteiger partial charge is 0.297 e.